The van der Waals surface area contributed by atoms with Crippen LogP contribution in [-0.4, -0.2) is 41.9 Å². The van der Waals surface area contributed by atoms with E-state index in [0.29, 0.717) is 6.54 Å². The summed E-state index contributed by atoms with van der Waals surface area (Å²) in [4.78, 5) is 1.66. The van der Waals surface area contributed by atoms with Crippen LogP contribution in [-0.2, 0) is 4.74 Å². The molecule has 1 unspecified atom stereocenters. The molecule has 1 atom stereocenters. The van der Waals surface area contributed by atoms with Crippen molar-refractivity contribution in [2.75, 3.05) is 19.7 Å². The highest BCUT2D eigenvalue weighted by Crippen LogP contribution is 2.40. The monoisotopic (exact) mass is 249 g/mol. The van der Waals surface area contributed by atoms with Crippen LogP contribution in [0.1, 0.15) is 27.2 Å². The Morgan fingerprint density at radius 3 is 2.41 bits per heavy atom. The average molecular weight is 249 g/mol. The Labute approximate surface area is 100 Å². The topological polar surface area (TPSA) is 12.5 Å². The molecule has 0 bridgehead atoms. The summed E-state index contributed by atoms with van der Waals surface area (Å²) in [5.74, 6) is 2.53. The molecular formula is C12H18F3NO. The van der Waals surface area contributed by atoms with Crippen molar-refractivity contribution >= 4 is 0 Å². The van der Waals surface area contributed by atoms with Crippen LogP contribution in [0.25, 0.3) is 0 Å². The number of hydrogen-bond acceptors (Lipinski definition) is 2. The molecule has 0 aromatic rings. The van der Waals surface area contributed by atoms with Crippen LogP contribution in [0, 0.1) is 12.3 Å². The lowest BCUT2D eigenvalue weighted by Gasteiger charge is -2.47. The van der Waals surface area contributed by atoms with Gasteiger partial charge in [-0.05, 0) is 20.3 Å². The van der Waals surface area contributed by atoms with Gasteiger partial charge in [0, 0.05) is 13.1 Å². The van der Waals surface area contributed by atoms with E-state index in [4.69, 9.17) is 11.2 Å². The van der Waals surface area contributed by atoms with E-state index in [2.05, 4.69) is 5.92 Å². The lowest BCUT2D eigenvalue weighted by molar-refractivity contribution is -0.300. The van der Waals surface area contributed by atoms with Gasteiger partial charge in [0.15, 0.2) is 5.60 Å². The van der Waals surface area contributed by atoms with Crippen LogP contribution in [0.15, 0.2) is 0 Å². The van der Waals surface area contributed by atoms with Gasteiger partial charge < -0.3 is 4.74 Å². The maximum absolute atomic E-state index is 13.1. The number of halogens is 3. The van der Waals surface area contributed by atoms with Gasteiger partial charge in [-0.3, -0.25) is 4.90 Å². The lowest BCUT2D eigenvalue weighted by atomic mass is 9.93. The van der Waals surface area contributed by atoms with Gasteiger partial charge in [0.25, 0.3) is 0 Å². The second-order valence-electron chi connectivity index (χ2n) is 4.82. The summed E-state index contributed by atoms with van der Waals surface area (Å²) in [6.07, 6.45) is 0.889. The maximum Gasteiger partial charge on any atom is 0.418 e. The minimum Gasteiger partial charge on any atom is -0.363 e. The van der Waals surface area contributed by atoms with E-state index in [1.54, 1.807) is 18.7 Å². The van der Waals surface area contributed by atoms with E-state index in [-0.39, 0.29) is 19.6 Å². The first-order valence-electron chi connectivity index (χ1n) is 5.62. The Hall–Kier alpha value is -0.730. The first-order chi connectivity index (χ1) is 7.68. The van der Waals surface area contributed by atoms with Crippen molar-refractivity contribution in [1.82, 2.24) is 4.90 Å². The fourth-order valence-corrected chi connectivity index (χ4v) is 1.94. The third-order valence-corrected chi connectivity index (χ3v) is 3.42. The van der Waals surface area contributed by atoms with Crippen molar-refractivity contribution in [2.45, 2.75) is 44.5 Å². The molecule has 0 saturated carbocycles. The van der Waals surface area contributed by atoms with Gasteiger partial charge in [-0.2, -0.15) is 13.2 Å². The van der Waals surface area contributed by atoms with E-state index in [1.807, 2.05) is 0 Å². The summed E-state index contributed by atoms with van der Waals surface area (Å²) in [7, 11) is 0. The first-order valence-corrected chi connectivity index (χ1v) is 5.62. The number of terminal acetylenes is 1. The minimum atomic E-state index is -4.37. The number of alkyl halides is 3. The van der Waals surface area contributed by atoms with Gasteiger partial charge in [0.1, 0.15) is 0 Å². The molecule has 17 heavy (non-hydrogen) atoms. The lowest BCUT2D eigenvalue weighted by Crippen LogP contribution is -2.63. The van der Waals surface area contributed by atoms with Crippen LogP contribution in [0.3, 0.4) is 0 Å². The summed E-state index contributed by atoms with van der Waals surface area (Å²) < 4.78 is 44.2. The molecule has 1 heterocycles. The largest absolute Gasteiger partial charge is 0.418 e. The molecular weight excluding hydrogens is 231 g/mol. The second kappa shape index (κ2) is 4.51. The zero-order valence-electron chi connectivity index (χ0n) is 10.4. The Bertz CT molecular complexity index is 319. The van der Waals surface area contributed by atoms with Crippen molar-refractivity contribution in [3.63, 3.8) is 0 Å². The van der Waals surface area contributed by atoms with E-state index >= 15 is 0 Å². The predicted molar refractivity (Wildman–Crippen MR) is 59.5 cm³/mol. The molecule has 2 nitrogen and oxygen atoms in total. The molecule has 0 aliphatic carbocycles. The molecule has 0 aromatic heterocycles. The summed E-state index contributed by atoms with van der Waals surface area (Å²) in [6, 6.07) is 0. The standard InChI is InChI=1S/C12H18F3NO/c1-5-10(3,4)16-7-8-17-11(6-2,9-16)12(13,14)15/h1H,6-9H2,2-4H3. The Morgan fingerprint density at radius 2 is 2.00 bits per heavy atom. The SMILES string of the molecule is C#CC(C)(C)N1CCOC(CC)(C(F)(F)F)C1. The fourth-order valence-electron chi connectivity index (χ4n) is 1.94. The third kappa shape index (κ3) is 2.58. The zero-order valence-corrected chi connectivity index (χ0v) is 10.4. The van der Waals surface area contributed by atoms with Gasteiger partial charge in [-0.25, -0.2) is 0 Å². The summed E-state index contributed by atoms with van der Waals surface area (Å²) in [5, 5.41) is 0. The molecule has 1 aliphatic rings. The van der Waals surface area contributed by atoms with Crippen molar-refractivity contribution < 1.29 is 17.9 Å². The summed E-state index contributed by atoms with van der Waals surface area (Å²) >= 11 is 0. The molecule has 1 saturated heterocycles. The molecule has 5 heteroatoms. The molecule has 0 aromatic carbocycles. The minimum absolute atomic E-state index is 0.0540. The number of nitrogens with zero attached hydrogens (tertiary/aromatic N) is 1. The highest BCUT2D eigenvalue weighted by atomic mass is 19.4. The number of ether oxygens (including phenoxy) is 1. The Balaban J connectivity index is 2.96. The number of hydrogen-bond donors (Lipinski definition) is 0. The maximum atomic E-state index is 13.1. The molecule has 1 rings (SSSR count). The van der Waals surface area contributed by atoms with Crippen LogP contribution in [0.5, 0.6) is 0 Å². The second-order valence-corrected chi connectivity index (χ2v) is 4.82. The van der Waals surface area contributed by atoms with Crippen molar-refractivity contribution in [3.8, 4) is 12.3 Å². The van der Waals surface area contributed by atoms with Crippen LogP contribution in [0.2, 0.25) is 0 Å². The molecule has 0 spiro atoms. The third-order valence-electron chi connectivity index (χ3n) is 3.42. The summed E-state index contributed by atoms with van der Waals surface area (Å²) in [6.45, 7) is 5.25. The zero-order chi connectivity index (χ0) is 13.3. The molecule has 0 radical (unpaired) electrons. The van der Waals surface area contributed by atoms with Crippen LogP contribution >= 0.6 is 0 Å². The van der Waals surface area contributed by atoms with Crippen LogP contribution in [0.4, 0.5) is 13.2 Å². The first kappa shape index (κ1) is 14.3. The van der Waals surface area contributed by atoms with Gasteiger partial charge in [0.2, 0.25) is 0 Å². The van der Waals surface area contributed by atoms with Crippen molar-refractivity contribution in [1.29, 1.82) is 0 Å². The molecule has 0 amide bonds. The van der Waals surface area contributed by atoms with Gasteiger partial charge in [-0.15, -0.1) is 6.42 Å². The smallest absolute Gasteiger partial charge is 0.363 e. The van der Waals surface area contributed by atoms with Crippen molar-refractivity contribution in [3.05, 3.63) is 0 Å². The van der Waals surface area contributed by atoms with E-state index in [1.165, 1.54) is 6.92 Å². The predicted octanol–water partition coefficient (Wildman–Crippen LogP) is 2.44. The van der Waals surface area contributed by atoms with E-state index in [9.17, 15) is 13.2 Å². The van der Waals surface area contributed by atoms with Gasteiger partial charge in [-0.1, -0.05) is 12.8 Å². The van der Waals surface area contributed by atoms with E-state index in [0.717, 1.165) is 0 Å². The van der Waals surface area contributed by atoms with Gasteiger partial charge >= 0.3 is 6.18 Å². The highest BCUT2D eigenvalue weighted by Gasteiger charge is 2.57. The normalized spacial score (nSPS) is 27.8. The number of morpholine rings is 1. The number of rotatable bonds is 2. The molecule has 1 aliphatic heterocycles. The Kier molecular flexibility index (Phi) is 3.80. The fraction of sp³-hybridized carbons (Fsp3) is 0.833. The van der Waals surface area contributed by atoms with E-state index < -0.39 is 17.3 Å². The Morgan fingerprint density at radius 1 is 1.41 bits per heavy atom. The molecule has 0 N–H and O–H groups in total. The average Bonchev–Trinajstić information content (AvgIpc) is 2.27. The van der Waals surface area contributed by atoms with Gasteiger partial charge in [0.05, 0.1) is 12.1 Å². The van der Waals surface area contributed by atoms with Crippen LogP contribution < -0.4 is 0 Å². The summed E-state index contributed by atoms with van der Waals surface area (Å²) in [5.41, 5.74) is -2.77. The quantitative estimate of drug-likeness (QED) is 0.697. The highest BCUT2D eigenvalue weighted by molar-refractivity contribution is 5.11. The molecule has 1 fully saturated rings. The molecule has 98 valence electrons. The van der Waals surface area contributed by atoms with Crippen molar-refractivity contribution in [2.24, 2.45) is 0 Å².